The van der Waals surface area contributed by atoms with E-state index in [0.717, 1.165) is 0 Å². The van der Waals surface area contributed by atoms with E-state index in [9.17, 15) is 9.35 Å². The Balaban J connectivity index is 2.97. The van der Waals surface area contributed by atoms with Gasteiger partial charge in [-0.05, 0) is 36.7 Å². The molecule has 0 saturated heterocycles. The zero-order chi connectivity index (χ0) is 14.8. The number of thiazole rings is 1. The first-order chi connectivity index (χ1) is 8.62. The molecule has 0 radical (unpaired) electrons. The monoisotopic (exact) mass is 369 g/mol. The second kappa shape index (κ2) is 6.51. The normalized spacial score (nSPS) is 16.9. The van der Waals surface area contributed by atoms with Crippen molar-refractivity contribution in [1.82, 2.24) is 9.71 Å². The van der Waals surface area contributed by atoms with Gasteiger partial charge >= 0.3 is 5.97 Å². The smallest absolute Gasteiger partial charge is 0.322 e. The predicted molar refractivity (Wildman–Crippen MR) is 79.2 cm³/mol. The lowest BCUT2D eigenvalue weighted by atomic mass is 10.1. The first-order valence-corrected chi connectivity index (χ1v) is 8.22. The number of rotatable bonds is 5. The first kappa shape index (κ1) is 16.9. The number of carbonyl (C=O) groups is 1. The highest BCUT2D eigenvalue weighted by atomic mass is 79.9. The van der Waals surface area contributed by atoms with Crippen LogP contribution in [0.5, 0.6) is 0 Å². The van der Waals surface area contributed by atoms with Gasteiger partial charge in [0.2, 0.25) is 0 Å². The fourth-order valence-corrected chi connectivity index (χ4v) is 3.40. The van der Waals surface area contributed by atoms with Crippen LogP contribution in [0, 0.1) is 0 Å². The van der Waals surface area contributed by atoms with Crippen LogP contribution in [0.1, 0.15) is 31.8 Å². The molecule has 0 amide bonds. The minimum Gasteiger partial charge on any atom is -0.598 e. The molecule has 0 aliphatic heterocycles. The van der Waals surface area contributed by atoms with Gasteiger partial charge in [-0.1, -0.05) is 0 Å². The van der Waals surface area contributed by atoms with Crippen LogP contribution >= 0.6 is 27.3 Å². The summed E-state index contributed by atoms with van der Waals surface area (Å²) in [6.45, 7) is 5.37. The van der Waals surface area contributed by atoms with Crippen molar-refractivity contribution in [2.24, 2.45) is 5.73 Å². The van der Waals surface area contributed by atoms with Gasteiger partial charge in [-0.25, -0.2) is 4.98 Å². The topological polar surface area (TPSA) is 111 Å². The van der Waals surface area contributed by atoms with Crippen LogP contribution in [-0.4, -0.2) is 31.4 Å². The van der Waals surface area contributed by atoms with E-state index in [4.69, 9.17) is 10.8 Å². The molecule has 9 heteroatoms. The number of aromatic nitrogens is 1. The Morgan fingerprint density at radius 3 is 2.63 bits per heavy atom. The van der Waals surface area contributed by atoms with Crippen LogP contribution in [0.25, 0.3) is 0 Å². The second-order valence-electron chi connectivity index (χ2n) is 4.85. The second-order valence-corrected chi connectivity index (χ2v) is 8.55. The average molecular weight is 370 g/mol. The van der Waals surface area contributed by atoms with E-state index < -0.39 is 34.2 Å². The summed E-state index contributed by atoms with van der Waals surface area (Å²) in [5.74, 6) is -1.17. The molecular weight excluding hydrogens is 354 g/mol. The molecule has 1 aromatic rings. The fourth-order valence-electron chi connectivity index (χ4n) is 1.12. The van der Waals surface area contributed by atoms with Gasteiger partial charge < -0.3 is 15.4 Å². The Bertz CT molecular complexity index is 449. The molecule has 4 N–H and O–H groups in total. The van der Waals surface area contributed by atoms with Crippen molar-refractivity contribution in [2.75, 3.05) is 0 Å². The van der Waals surface area contributed by atoms with Crippen LogP contribution in [0.15, 0.2) is 9.98 Å². The lowest BCUT2D eigenvalue weighted by molar-refractivity contribution is -0.139. The molecule has 3 atom stereocenters. The zero-order valence-electron chi connectivity index (χ0n) is 10.7. The van der Waals surface area contributed by atoms with E-state index in [0.29, 0.717) is 9.61 Å². The predicted octanol–water partition coefficient (Wildman–Crippen LogP) is 1.41. The van der Waals surface area contributed by atoms with Crippen LogP contribution in [0.4, 0.5) is 0 Å². The molecule has 1 unspecified atom stereocenters. The summed E-state index contributed by atoms with van der Waals surface area (Å²) >= 11 is 3.02. The van der Waals surface area contributed by atoms with Gasteiger partial charge in [0.25, 0.3) is 0 Å². The SMILES string of the molecule is CC(C)(C)[S+]([O-])N[C@H](c1nc(Br)cs1)[C@H](N)C(=O)O. The van der Waals surface area contributed by atoms with E-state index in [1.54, 1.807) is 26.2 Å². The number of hydrogen-bond donors (Lipinski definition) is 3. The van der Waals surface area contributed by atoms with Crippen LogP contribution in [-0.2, 0) is 16.2 Å². The Morgan fingerprint density at radius 2 is 2.26 bits per heavy atom. The molecule has 19 heavy (non-hydrogen) atoms. The van der Waals surface area contributed by atoms with Gasteiger partial charge in [-0.15, -0.1) is 16.1 Å². The molecular formula is C10H16BrN3O3S2. The molecule has 1 rings (SSSR count). The zero-order valence-corrected chi connectivity index (χ0v) is 13.9. The van der Waals surface area contributed by atoms with Gasteiger partial charge in [0.15, 0.2) is 0 Å². The van der Waals surface area contributed by atoms with Crippen LogP contribution in [0.3, 0.4) is 0 Å². The van der Waals surface area contributed by atoms with Crippen molar-refractivity contribution in [3.63, 3.8) is 0 Å². The summed E-state index contributed by atoms with van der Waals surface area (Å²) in [4.78, 5) is 15.2. The highest BCUT2D eigenvalue weighted by molar-refractivity contribution is 9.10. The van der Waals surface area contributed by atoms with Crippen molar-refractivity contribution < 1.29 is 14.5 Å². The molecule has 0 aliphatic rings. The lowest BCUT2D eigenvalue weighted by Gasteiger charge is -2.28. The molecule has 0 spiro atoms. The number of aliphatic carboxylic acids is 1. The summed E-state index contributed by atoms with van der Waals surface area (Å²) in [5.41, 5.74) is 5.65. The number of carboxylic acid groups (broad SMARTS) is 1. The van der Waals surface area contributed by atoms with Crippen molar-refractivity contribution in [1.29, 1.82) is 0 Å². The Kier molecular flexibility index (Phi) is 5.78. The van der Waals surface area contributed by atoms with E-state index in [1.165, 1.54) is 11.3 Å². The lowest BCUT2D eigenvalue weighted by Crippen LogP contribution is -2.49. The summed E-state index contributed by atoms with van der Waals surface area (Å²) in [6, 6.07) is -2.02. The highest BCUT2D eigenvalue weighted by Crippen LogP contribution is 2.26. The largest absolute Gasteiger partial charge is 0.598 e. The quantitative estimate of drug-likeness (QED) is 0.676. The molecule has 0 aliphatic carbocycles. The third-order valence-corrected chi connectivity index (χ3v) is 5.41. The Morgan fingerprint density at radius 1 is 1.68 bits per heavy atom. The maximum absolute atomic E-state index is 12.1. The van der Waals surface area contributed by atoms with Crippen molar-refractivity contribution in [2.45, 2.75) is 37.6 Å². The summed E-state index contributed by atoms with van der Waals surface area (Å²) in [6.07, 6.45) is 0. The van der Waals surface area contributed by atoms with Crippen LogP contribution in [0.2, 0.25) is 0 Å². The molecule has 108 valence electrons. The number of carboxylic acids is 1. The van der Waals surface area contributed by atoms with Gasteiger partial charge in [-0.3, -0.25) is 4.79 Å². The Hall–Kier alpha value is -0.190. The van der Waals surface area contributed by atoms with Crippen molar-refractivity contribution >= 4 is 44.6 Å². The number of nitrogens with one attached hydrogen (secondary N) is 1. The molecule has 0 aromatic carbocycles. The van der Waals surface area contributed by atoms with Crippen molar-refractivity contribution in [3.8, 4) is 0 Å². The number of nitrogens with two attached hydrogens (primary N) is 1. The third kappa shape index (κ3) is 4.69. The molecule has 1 heterocycles. The number of halogens is 1. The van der Waals surface area contributed by atoms with Gasteiger partial charge in [-0.2, -0.15) is 0 Å². The minimum atomic E-state index is -1.44. The summed E-state index contributed by atoms with van der Waals surface area (Å²) < 4.78 is 14.9. The maximum Gasteiger partial charge on any atom is 0.322 e. The Labute approximate surface area is 127 Å². The number of hydrogen-bond acceptors (Lipinski definition) is 6. The average Bonchev–Trinajstić information content (AvgIpc) is 2.69. The highest BCUT2D eigenvalue weighted by Gasteiger charge is 2.36. The fraction of sp³-hybridized carbons (Fsp3) is 0.600. The molecule has 0 fully saturated rings. The van der Waals surface area contributed by atoms with E-state index in [2.05, 4.69) is 25.6 Å². The van der Waals surface area contributed by atoms with Gasteiger partial charge in [0.05, 0.1) is 0 Å². The van der Waals surface area contributed by atoms with E-state index >= 15 is 0 Å². The molecule has 0 saturated carbocycles. The number of nitrogens with zero attached hydrogens (tertiary/aromatic N) is 1. The summed E-state index contributed by atoms with van der Waals surface area (Å²) in [5, 5.41) is 11.2. The van der Waals surface area contributed by atoms with E-state index in [-0.39, 0.29) is 0 Å². The maximum atomic E-state index is 12.1. The van der Waals surface area contributed by atoms with E-state index in [1.807, 2.05) is 0 Å². The third-order valence-electron chi connectivity index (χ3n) is 2.19. The first-order valence-electron chi connectivity index (χ1n) is 5.40. The van der Waals surface area contributed by atoms with Crippen molar-refractivity contribution in [3.05, 3.63) is 15.0 Å². The molecule has 0 bridgehead atoms. The van der Waals surface area contributed by atoms with Gasteiger partial charge in [0, 0.05) is 16.7 Å². The standard InChI is InChI=1S/C10H16BrN3O3S2/c1-10(2,3)19(17)14-7(6(12)9(15)16)8-13-5(11)4-18-8/h4,6-7,14H,12H2,1-3H3,(H,15,16)/t6-,7-,19?/m0/s1. The van der Waals surface area contributed by atoms with Gasteiger partial charge in [0.1, 0.15) is 26.4 Å². The summed E-state index contributed by atoms with van der Waals surface area (Å²) in [7, 11) is 0. The molecule has 6 nitrogen and oxygen atoms in total. The minimum absolute atomic E-state index is 0.486. The van der Waals surface area contributed by atoms with Crippen LogP contribution < -0.4 is 10.5 Å². The molecule has 1 aromatic heterocycles.